The van der Waals surface area contributed by atoms with E-state index in [9.17, 15) is 8.42 Å². The van der Waals surface area contributed by atoms with Crippen molar-refractivity contribution in [2.75, 3.05) is 19.3 Å². The van der Waals surface area contributed by atoms with Gasteiger partial charge in [0.25, 0.3) is 0 Å². The molecule has 0 amide bonds. The lowest BCUT2D eigenvalue weighted by molar-refractivity contribution is 0.445. The number of rotatable bonds is 5. The summed E-state index contributed by atoms with van der Waals surface area (Å²) < 4.78 is 26.5. The third kappa shape index (κ3) is 4.22. The van der Waals surface area contributed by atoms with E-state index < -0.39 is 10.0 Å². The molecule has 0 saturated heterocycles. The van der Waals surface area contributed by atoms with Crippen LogP contribution in [0.15, 0.2) is 28.1 Å². The lowest BCUT2D eigenvalue weighted by atomic mass is 10.2. The molecule has 120 valence electrons. The van der Waals surface area contributed by atoms with Gasteiger partial charge in [-0.2, -0.15) is 9.57 Å². The first-order valence-electron chi connectivity index (χ1n) is 6.79. The largest absolute Gasteiger partial charge is 0.271 e. The molecule has 1 aromatic rings. The smallest absolute Gasteiger partial charge is 0.243 e. The van der Waals surface area contributed by atoms with E-state index in [1.807, 2.05) is 13.1 Å². The van der Waals surface area contributed by atoms with Gasteiger partial charge in [0.05, 0.1) is 10.6 Å². The maximum Gasteiger partial charge on any atom is 0.243 e. The molecule has 22 heavy (non-hydrogen) atoms. The molecule has 8 heteroatoms. The Labute approximate surface area is 136 Å². The second-order valence-electron chi connectivity index (χ2n) is 4.40. The van der Waals surface area contributed by atoms with Crippen LogP contribution in [0.25, 0.3) is 0 Å². The summed E-state index contributed by atoms with van der Waals surface area (Å²) in [5.74, 6) is 0. The molecule has 0 spiro atoms. The van der Waals surface area contributed by atoms with Gasteiger partial charge in [0, 0.05) is 13.1 Å². The van der Waals surface area contributed by atoms with E-state index in [4.69, 9.17) is 5.26 Å². The van der Waals surface area contributed by atoms with Gasteiger partial charge in [-0.1, -0.05) is 31.7 Å². The molecule has 0 heterocycles. The molecular weight excluding hydrogens is 320 g/mol. The zero-order valence-electron chi connectivity index (χ0n) is 13.1. The van der Waals surface area contributed by atoms with E-state index in [-0.39, 0.29) is 4.90 Å². The fraction of sp³-hybridized carbons (Fsp3) is 0.429. The fourth-order valence-electron chi connectivity index (χ4n) is 1.86. The number of nitriles is 1. The standard InChI is InChI=1S/C14H20N4O2S2/c1-5-18(6-2)22(19,20)12-8-7-11(3)13(9-12)17-14(21-4)16-10-15/h7-9H,5-6H2,1-4H3,(H,16,17). The van der Waals surface area contributed by atoms with Crippen LogP contribution in [-0.4, -0.2) is 37.2 Å². The van der Waals surface area contributed by atoms with E-state index in [1.165, 1.54) is 22.1 Å². The number of aryl methyl sites for hydroxylation is 1. The number of hydrogen-bond donors (Lipinski definition) is 1. The molecule has 0 unspecified atom stereocenters. The Morgan fingerprint density at radius 3 is 2.55 bits per heavy atom. The number of hydrogen-bond acceptors (Lipinski definition) is 5. The number of nitrogens with zero attached hydrogens (tertiary/aromatic N) is 3. The molecule has 0 aliphatic rings. The van der Waals surface area contributed by atoms with Crippen molar-refractivity contribution in [3.8, 4) is 6.19 Å². The van der Waals surface area contributed by atoms with Crippen molar-refractivity contribution in [3.63, 3.8) is 0 Å². The summed E-state index contributed by atoms with van der Waals surface area (Å²) >= 11 is 1.28. The van der Waals surface area contributed by atoms with Crippen LogP contribution in [0, 0.1) is 18.4 Å². The second kappa shape index (κ2) is 8.17. The van der Waals surface area contributed by atoms with Crippen molar-refractivity contribution in [3.05, 3.63) is 23.8 Å². The lowest BCUT2D eigenvalue weighted by Gasteiger charge is -2.19. The number of benzene rings is 1. The summed E-state index contributed by atoms with van der Waals surface area (Å²) in [5, 5.41) is 11.6. The molecule has 0 aliphatic heterocycles. The maximum atomic E-state index is 12.5. The van der Waals surface area contributed by atoms with Crippen LogP contribution in [0.2, 0.25) is 0 Å². The van der Waals surface area contributed by atoms with Crippen molar-refractivity contribution in [1.82, 2.24) is 9.62 Å². The monoisotopic (exact) mass is 340 g/mol. The van der Waals surface area contributed by atoms with Gasteiger partial charge in [0.1, 0.15) is 0 Å². The molecule has 6 nitrogen and oxygen atoms in total. The van der Waals surface area contributed by atoms with Crippen molar-refractivity contribution >= 4 is 32.6 Å². The first-order valence-corrected chi connectivity index (χ1v) is 9.45. The number of nitrogens with one attached hydrogen (secondary N) is 1. The molecule has 0 bridgehead atoms. The third-order valence-corrected chi connectivity index (χ3v) is 5.73. The average Bonchev–Trinajstić information content (AvgIpc) is 2.49. The molecule has 1 aromatic carbocycles. The van der Waals surface area contributed by atoms with E-state index >= 15 is 0 Å². The van der Waals surface area contributed by atoms with Gasteiger partial charge in [-0.3, -0.25) is 5.32 Å². The first kappa shape index (κ1) is 18.5. The Hall–Kier alpha value is -1.56. The molecule has 1 N–H and O–H groups in total. The van der Waals surface area contributed by atoms with E-state index in [0.29, 0.717) is 23.9 Å². The van der Waals surface area contributed by atoms with Gasteiger partial charge in [-0.15, -0.1) is 0 Å². The van der Waals surface area contributed by atoms with E-state index in [1.54, 1.807) is 32.2 Å². The van der Waals surface area contributed by atoms with Crippen LogP contribution in [0.5, 0.6) is 0 Å². The normalized spacial score (nSPS) is 12.3. The SMILES string of the molecule is CCN(CC)S(=O)(=O)c1ccc(C)c(N=C(NC#N)SC)c1. The number of sulfonamides is 1. The number of aliphatic imine (C=N–C) groups is 1. The van der Waals surface area contributed by atoms with Crippen LogP contribution >= 0.6 is 11.8 Å². The topological polar surface area (TPSA) is 85.6 Å². The number of thioether (sulfide) groups is 1. The molecule has 0 fully saturated rings. The lowest BCUT2D eigenvalue weighted by Crippen LogP contribution is -2.30. The van der Waals surface area contributed by atoms with Gasteiger partial charge in [0.2, 0.25) is 10.0 Å². The van der Waals surface area contributed by atoms with Gasteiger partial charge in [0.15, 0.2) is 11.4 Å². The summed E-state index contributed by atoms with van der Waals surface area (Å²) in [6, 6.07) is 4.84. The third-order valence-electron chi connectivity index (χ3n) is 3.10. The average molecular weight is 340 g/mol. The van der Waals surface area contributed by atoms with Crippen molar-refractivity contribution in [2.45, 2.75) is 25.7 Å². The zero-order valence-corrected chi connectivity index (χ0v) is 14.8. The summed E-state index contributed by atoms with van der Waals surface area (Å²) in [6.45, 7) is 6.28. The number of amidine groups is 1. The Bertz CT molecular complexity index is 689. The molecule has 0 atom stereocenters. The minimum Gasteiger partial charge on any atom is -0.271 e. The quantitative estimate of drug-likeness (QED) is 0.385. The first-order chi connectivity index (χ1) is 10.4. The van der Waals surface area contributed by atoms with Crippen molar-refractivity contribution in [1.29, 1.82) is 5.26 Å². The van der Waals surface area contributed by atoms with Crippen LogP contribution in [0.3, 0.4) is 0 Å². The highest BCUT2D eigenvalue weighted by molar-refractivity contribution is 8.13. The molecule has 0 aliphatic carbocycles. The van der Waals surface area contributed by atoms with Crippen LogP contribution in [0.4, 0.5) is 5.69 Å². The zero-order chi connectivity index (χ0) is 16.8. The highest BCUT2D eigenvalue weighted by atomic mass is 32.2. The Balaban J connectivity index is 3.34. The second-order valence-corrected chi connectivity index (χ2v) is 7.13. The molecule has 0 aromatic heterocycles. The summed E-state index contributed by atoms with van der Waals surface area (Å²) in [6.07, 6.45) is 3.60. The van der Waals surface area contributed by atoms with Gasteiger partial charge < -0.3 is 0 Å². The highest BCUT2D eigenvalue weighted by Crippen LogP contribution is 2.25. The van der Waals surface area contributed by atoms with Gasteiger partial charge >= 0.3 is 0 Å². The van der Waals surface area contributed by atoms with E-state index in [2.05, 4.69) is 10.3 Å². The summed E-state index contributed by atoms with van der Waals surface area (Å²) in [4.78, 5) is 4.52. The van der Waals surface area contributed by atoms with Gasteiger partial charge in [-0.05, 0) is 30.9 Å². The van der Waals surface area contributed by atoms with Crippen LogP contribution in [0.1, 0.15) is 19.4 Å². The minimum absolute atomic E-state index is 0.206. The molecule has 0 saturated carbocycles. The van der Waals surface area contributed by atoms with Crippen molar-refractivity contribution in [2.24, 2.45) is 4.99 Å². The summed E-state index contributed by atoms with van der Waals surface area (Å²) in [5.41, 5.74) is 1.37. The minimum atomic E-state index is -3.52. The molecular formula is C14H20N4O2S2. The van der Waals surface area contributed by atoms with Crippen LogP contribution in [-0.2, 0) is 10.0 Å². The van der Waals surface area contributed by atoms with Gasteiger partial charge in [-0.25, -0.2) is 13.4 Å². The maximum absolute atomic E-state index is 12.5. The molecule has 1 rings (SSSR count). The predicted molar refractivity (Wildman–Crippen MR) is 90.6 cm³/mol. The Morgan fingerprint density at radius 2 is 2.05 bits per heavy atom. The predicted octanol–water partition coefficient (Wildman–Crippen LogP) is 2.45. The Kier molecular flexibility index (Phi) is 6.87. The van der Waals surface area contributed by atoms with E-state index in [0.717, 1.165) is 5.56 Å². The van der Waals surface area contributed by atoms with Crippen molar-refractivity contribution < 1.29 is 8.42 Å². The van der Waals surface area contributed by atoms with Crippen LogP contribution < -0.4 is 5.32 Å². The molecule has 0 radical (unpaired) electrons. The fourth-order valence-corrected chi connectivity index (χ4v) is 3.68. The summed E-state index contributed by atoms with van der Waals surface area (Å²) in [7, 11) is -3.52. The Morgan fingerprint density at radius 1 is 1.41 bits per heavy atom. The highest BCUT2D eigenvalue weighted by Gasteiger charge is 2.22.